The second-order valence-electron chi connectivity index (χ2n) is 8.11. The smallest absolute Gasteiger partial charge is 0.258 e. The molecule has 2 amide bonds. The average molecular weight is 483 g/mol. The average Bonchev–Trinajstić information content (AvgIpc) is 3.52. The van der Waals surface area contributed by atoms with E-state index in [2.05, 4.69) is 15.6 Å². The van der Waals surface area contributed by atoms with Crippen LogP contribution in [0.4, 0.5) is 5.13 Å². The van der Waals surface area contributed by atoms with E-state index in [9.17, 15) is 9.59 Å². The number of nitrogens with zero attached hydrogens (tertiary/aromatic N) is 2. The Hall–Kier alpha value is -4.30. The number of para-hydroxylation sites is 1. The van der Waals surface area contributed by atoms with Crippen molar-refractivity contribution in [2.75, 3.05) is 5.32 Å². The number of rotatable bonds is 6. The van der Waals surface area contributed by atoms with Gasteiger partial charge in [0.1, 0.15) is 11.5 Å². The molecule has 0 saturated carbocycles. The molecule has 5 rings (SSSR count). The van der Waals surface area contributed by atoms with Crippen LogP contribution >= 0.6 is 11.3 Å². The fraction of sp³-hybridized carbons (Fsp3) is 0.111. The zero-order chi connectivity index (χ0) is 24.4. The van der Waals surface area contributed by atoms with Gasteiger partial charge in [-0.05, 0) is 31.2 Å². The van der Waals surface area contributed by atoms with Crippen LogP contribution in [-0.2, 0) is 11.3 Å². The molecule has 35 heavy (non-hydrogen) atoms. The number of benzene rings is 2. The molecule has 174 valence electrons. The number of thiazole rings is 1. The molecular formula is C27H22N4O3S. The molecule has 2 N–H and O–H groups in total. The standard InChI is InChI=1S/C27H22N4O3S/c1-16-7-9-18(10-8-16)23-13-21(20-5-3-4-6-22(20)29-23)26(33)31-27-30-24(15-35-27)25-12-11-19(34-25)14-28-17(2)32/h3-13,15H,14H2,1-2H3,(H,28,32)(H,30,31,33). The molecule has 0 aliphatic heterocycles. The third kappa shape index (κ3) is 4.97. The summed E-state index contributed by atoms with van der Waals surface area (Å²) in [5, 5.41) is 8.66. The van der Waals surface area contributed by atoms with E-state index in [1.807, 2.05) is 66.9 Å². The van der Waals surface area contributed by atoms with E-state index >= 15 is 0 Å². The van der Waals surface area contributed by atoms with Gasteiger partial charge in [-0.2, -0.15) is 0 Å². The minimum atomic E-state index is -0.261. The first-order valence-corrected chi connectivity index (χ1v) is 11.9. The Kier molecular flexibility index (Phi) is 6.12. The number of fused-ring (bicyclic) bond motifs is 1. The third-order valence-electron chi connectivity index (χ3n) is 5.46. The number of hydrogen-bond donors (Lipinski definition) is 2. The van der Waals surface area contributed by atoms with Crippen LogP contribution in [0.15, 0.2) is 76.5 Å². The number of nitrogens with one attached hydrogen (secondary N) is 2. The van der Waals surface area contributed by atoms with Gasteiger partial charge in [-0.3, -0.25) is 14.9 Å². The topological polar surface area (TPSA) is 97.1 Å². The first kappa shape index (κ1) is 22.5. The number of furan rings is 1. The molecule has 5 aromatic rings. The van der Waals surface area contributed by atoms with E-state index in [0.29, 0.717) is 34.5 Å². The van der Waals surface area contributed by atoms with Crippen molar-refractivity contribution in [3.8, 4) is 22.7 Å². The van der Waals surface area contributed by atoms with Gasteiger partial charge in [0.15, 0.2) is 10.9 Å². The second-order valence-corrected chi connectivity index (χ2v) is 8.96. The quantitative estimate of drug-likeness (QED) is 0.318. The van der Waals surface area contributed by atoms with Crippen LogP contribution < -0.4 is 10.6 Å². The van der Waals surface area contributed by atoms with Crippen LogP contribution in [0.5, 0.6) is 0 Å². The normalized spacial score (nSPS) is 10.9. The van der Waals surface area contributed by atoms with Crippen molar-refractivity contribution in [1.29, 1.82) is 0 Å². The van der Waals surface area contributed by atoms with Crippen molar-refractivity contribution >= 4 is 39.2 Å². The molecular weight excluding hydrogens is 460 g/mol. The summed E-state index contributed by atoms with van der Waals surface area (Å²) in [6.45, 7) is 3.79. The highest BCUT2D eigenvalue weighted by Crippen LogP contribution is 2.29. The van der Waals surface area contributed by atoms with Crippen LogP contribution in [0, 0.1) is 6.92 Å². The van der Waals surface area contributed by atoms with E-state index < -0.39 is 0 Å². The minimum absolute atomic E-state index is 0.129. The zero-order valence-corrected chi connectivity index (χ0v) is 20.0. The lowest BCUT2D eigenvalue weighted by atomic mass is 10.0. The Morgan fingerprint density at radius 1 is 0.971 bits per heavy atom. The molecule has 0 spiro atoms. The molecule has 0 saturated heterocycles. The third-order valence-corrected chi connectivity index (χ3v) is 6.22. The molecule has 0 aliphatic carbocycles. The van der Waals surface area contributed by atoms with Crippen molar-refractivity contribution in [1.82, 2.24) is 15.3 Å². The van der Waals surface area contributed by atoms with Crippen LogP contribution in [0.1, 0.15) is 28.6 Å². The van der Waals surface area contributed by atoms with Gasteiger partial charge >= 0.3 is 0 Å². The summed E-state index contributed by atoms with van der Waals surface area (Å²) >= 11 is 1.31. The number of amides is 2. The number of hydrogen-bond acceptors (Lipinski definition) is 6. The first-order chi connectivity index (χ1) is 17.0. The Bertz CT molecular complexity index is 1540. The second kappa shape index (κ2) is 9.52. The summed E-state index contributed by atoms with van der Waals surface area (Å²) in [7, 11) is 0. The molecule has 8 heteroatoms. The molecule has 0 bridgehead atoms. The Morgan fingerprint density at radius 2 is 1.77 bits per heavy atom. The van der Waals surface area contributed by atoms with E-state index in [1.54, 1.807) is 12.1 Å². The van der Waals surface area contributed by atoms with Crippen LogP contribution in [0.2, 0.25) is 0 Å². The van der Waals surface area contributed by atoms with E-state index in [1.165, 1.54) is 18.3 Å². The Labute approximate surface area is 205 Å². The largest absolute Gasteiger partial charge is 0.458 e. The maximum Gasteiger partial charge on any atom is 0.258 e. The summed E-state index contributed by atoms with van der Waals surface area (Å²) in [5.74, 6) is 0.804. The predicted molar refractivity (Wildman–Crippen MR) is 137 cm³/mol. The molecule has 0 fully saturated rings. The fourth-order valence-electron chi connectivity index (χ4n) is 3.67. The lowest BCUT2D eigenvalue weighted by Crippen LogP contribution is -2.18. The maximum absolute atomic E-state index is 13.3. The van der Waals surface area contributed by atoms with Gasteiger partial charge in [0.2, 0.25) is 5.91 Å². The highest BCUT2D eigenvalue weighted by Gasteiger charge is 2.17. The van der Waals surface area contributed by atoms with Crippen LogP contribution in [0.3, 0.4) is 0 Å². The lowest BCUT2D eigenvalue weighted by molar-refractivity contribution is -0.119. The molecule has 0 aliphatic rings. The number of aryl methyl sites for hydroxylation is 1. The SMILES string of the molecule is CC(=O)NCc1ccc(-c2csc(NC(=O)c3cc(-c4ccc(C)cc4)nc4ccccc34)n2)o1. The minimum Gasteiger partial charge on any atom is -0.458 e. The summed E-state index contributed by atoms with van der Waals surface area (Å²) in [6.07, 6.45) is 0. The summed E-state index contributed by atoms with van der Waals surface area (Å²) in [4.78, 5) is 33.7. The number of anilines is 1. The number of aromatic nitrogens is 2. The lowest BCUT2D eigenvalue weighted by Gasteiger charge is -2.10. The van der Waals surface area contributed by atoms with E-state index in [-0.39, 0.29) is 11.8 Å². The van der Waals surface area contributed by atoms with Gasteiger partial charge in [-0.25, -0.2) is 9.97 Å². The monoisotopic (exact) mass is 482 g/mol. The molecule has 3 heterocycles. The Morgan fingerprint density at radius 3 is 2.57 bits per heavy atom. The van der Waals surface area contributed by atoms with E-state index in [4.69, 9.17) is 9.40 Å². The predicted octanol–water partition coefficient (Wildman–Crippen LogP) is 5.82. The molecule has 2 aromatic carbocycles. The fourth-order valence-corrected chi connectivity index (χ4v) is 4.36. The van der Waals surface area contributed by atoms with Crippen LogP contribution in [-0.4, -0.2) is 21.8 Å². The summed E-state index contributed by atoms with van der Waals surface area (Å²) in [5.41, 5.74) is 4.72. The molecule has 0 radical (unpaired) electrons. The molecule has 7 nitrogen and oxygen atoms in total. The van der Waals surface area contributed by atoms with Crippen molar-refractivity contribution in [2.45, 2.75) is 20.4 Å². The maximum atomic E-state index is 13.3. The van der Waals surface area contributed by atoms with Crippen molar-refractivity contribution < 1.29 is 14.0 Å². The van der Waals surface area contributed by atoms with Gasteiger partial charge in [0.25, 0.3) is 5.91 Å². The van der Waals surface area contributed by atoms with Crippen molar-refractivity contribution in [3.05, 3.63) is 89.0 Å². The molecule has 0 unspecified atom stereocenters. The highest BCUT2D eigenvalue weighted by atomic mass is 32.1. The van der Waals surface area contributed by atoms with E-state index in [0.717, 1.165) is 27.7 Å². The van der Waals surface area contributed by atoms with Gasteiger partial charge in [-0.1, -0.05) is 48.0 Å². The summed E-state index contributed by atoms with van der Waals surface area (Å²) in [6, 6.07) is 21.1. The number of carbonyl (C=O) groups is 2. The van der Waals surface area contributed by atoms with Gasteiger partial charge < -0.3 is 9.73 Å². The molecule has 0 atom stereocenters. The van der Waals surface area contributed by atoms with Crippen molar-refractivity contribution in [2.24, 2.45) is 0 Å². The molecule has 3 aromatic heterocycles. The zero-order valence-electron chi connectivity index (χ0n) is 19.2. The van der Waals surface area contributed by atoms with Crippen molar-refractivity contribution in [3.63, 3.8) is 0 Å². The Balaban J connectivity index is 1.41. The van der Waals surface area contributed by atoms with Gasteiger partial charge in [-0.15, -0.1) is 11.3 Å². The highest BCUT2D eigenvalue weighted by molar-refractivity contribution is 7.14. The first-order valence-electron chi connectivity index (χ1n) is 11.0. The number of carbonyl (C=O) groups excluding carboxylic acids is 2. The van der Waals surface area contributed by atoms with Crippen LogP contribution in [0.25, 0.3) is 33.6 Å². The summed E-state index contributed by atoms with van der Waals surface area (Å²) < 4.78 is 5.76. The van der Waals surface area contributed by atoms with Gasteiger partial charge in [0.05, 0.1) is 23.3 Å². The number of pyridine rings is 1. The van der Waals surface area contributed by atoms with Gasteiger partial charge in [0, 0.05) is 23.3 Å².